The number of nitrogens with zero attached hydrogens (tertiary/aromatic N) is 2. The maximum absolute atomic E-state index is 13.0. The van der Waals surface area contributed by atoms with Crippen molar-refractivity contribution in [2.45, 2.75) is 46.1 Å². The lowest BCUT2D eigenvalue weighted by atomic mass is 10.1. The molecule has 9 heteroatoms. The maximum atomic E-state index is 13.0. The SMILES string of the molecule is COc1cc(C)c(S(=O)(=O)Nc2c(C)nn(CC(=O)O)c2C)c(C)c1C. The molecule has 0 aliphatic carbocycles. The first kappa shape index (κ1) is 19.8. The van der Waals surface area contributed by atoms with E-state index in [2.05, 4.69) is 9.82 Å². The van der Waals surface area contributed by atoms with Gasteiger partial charge in [0, 0.05) is 0 Å². The number of carboxylic acids is 1. The van der Waals surface area contributed by atoms with Gasteiger partial charge in [-0.3, -0.25) is 14.2 Å². The summed E-state index contributed by atoms with van der Waals surface area (Å²) in [6, 6.07) is 1.68. The van der Waals surface area contributed by atoms with Crippen LogP contribution < -0.4 is 9.46 Å². The monoisotopic (exact) mass is 381 g/mol. The van der Waals surface area contributed by atoms with Crippen LogP contribution in [0.25, 0.3) is 0 Å². The second kappa shape index (κ2) is 6.99. The van der Waals surface area contributed by atoms with Crippen LogP contribution in [0.15, 0.2) is 11.0 Å². The van der Waals surface area contributed by atoms with Gasteiger partial charge in [-0.2, -0.15) is 5.10 Å². The van der Waals surface area contributed by atoms with E-state index in [1.54, 1.807) is 40.7 Å². The fourth-order valence-corrected chi connectivity index (χ4v) is 4.66. The number of carboxylic acid groups (broad SMARTS) is 1. The van der Waals surface area contributed by atoms with E-state index in [4.69, 9.17) is 9.84 Å². The van der Waals surface area contributed by atoms with Crippen LogP contribution in [0.1, 0.15) is 28.1 Å². The number of aliphatic carboxylic acids is 1. The van der Waals surface area contributed by atoms with E-state index >= 15 is 0 Å². The Morgan fingerprint density at radius 3 is 2.38 bits per heavy atom. The third-order valence-electron chi connectivity index (χ3n) is 4.37. The van der Waals surface area contributed by atoms with Crippen LogP contribution in [0, 0.1) is 34.6 Å². The first-order chi connectivity index (χ1) is 12.0. The summed E-state index contributed by atoms with van der Waals surface area (Å²) in [5.41, 5.74) is 3.04. The second-order valence-corrected chi connectivity index (χ2v) is 7.80. The quantitative estimate of drug-likeness (QED) is 0.794. The molecule has 0 saturated heterocycles. The predicted octanol–water partition coefficient (Wildman–Crippen LogP) is 2.32. The molecule has 142 valence electrons. The Labute approximate surface area is 152 Å². The molecule has 8 nitrogen and oxygen atoms in total. The lowest BCUT2D eigenvalue weighted by Gasteiger charge is -2.17. The third kappa shape index (κ3) is 3.52. The van der Waals surface area contributed by atoms with Gasteiger partial charge in [-0.05, 0) is 57.4 Å². The molecule has 0 aliphatic heterocycles. The van der Waals surface area contributed by atoms with Crippen LogP contribution in [-0.2, 0) is 21.4 Å². The normalized spacial score (nSPS) is 11.5. The number of aryl methyl sites for hydroxylation is 2. The maximum Gasteiger partial charge on any atom is 0.325 e. The molecule has 0 aliphatic rings. The molecular formula is C17H23N3O5S. The van der Waals surface area contributed by atoms with Gasteiger partial charge in [0.1, 0.15) is 12.3 Å². The molecule has 0 fully saturated rings. The number of hydrogen-bond donors (Lipinski definition) is 2. The molecule has 1 aromatic heterocycles. The number of methoxy groups -OCH3 is 1. The molecule has 0 spiro atoms. The molecule has 0 saturated carbocycles. The Morgan fingerprint density at radius 1 is 1.23 bits per heavy atom. The number of aromatic nitrogens is 2. The standard InChI is InChI=1S/C17H23N3O5S/c1-9-7-14(25-6)10(2)11(3)17(9)26(23,24)19-16-12(4)18-20(13(16)5)8-15(21)22/h7,19H,8H2,1-6H3,(H,21,22). The van der Waals surface area contributed by atoms with Gasteiger partial charge in [-0.1, -0.05) is 0 Å². The van der Waals surface area contributed by atoms with E-state index in [0.29, 0.717) is 34.0 Å². The van der Waals surface area contributed by atoms with E-state index in [1.165, 1.54) is 11.8 Å². The minimum atomic E-state index is -3.89. The molecule has 0 unspecified atom stereocenters. The Hall–Kier alpha value is -2.55. The largest absolute Gasteiger partial charge is 0.496 e. The molecule has 26 heavy (non-hydrogen) atoms. The van der Waals surface area contributed by atoms with Crippen LogP contribution in [0.2, 0.25) is 0 Å². The number of ether oxygens (including phenoxy) is 1. The zero-order valence-corrected chi connectivity index (χ0v) is 16.5. The van der Waals surface area contributed by atoms with Gasteiger partial charge < -0.3 is 9.84 Å². The highest BCUT2D eigenvalue weighted by Crippen LogP contribution is 2.32. The number of sulfonamides is 1. The fourth-order valence-electron chi connectivity index (χ4n) is 2.96. The third-order valence-corrected chi connectivity index (χ3v) is 6.01. The lowest BCUT2D eigenvalue weighted by molar-refractivity contribution is -0.137. The summed E-state index contributed by atoms with van der Waals surface area (Å²) in [5, 5.41) is 13.1. The van der Waals surface area contributed by atoms with Crippen molar-refractivity contribution in [3.05, 3.63) is 34.1 Å². The molecule has 0 bridgehead atoms. The fraction of sp³-hybridized carbons (Fsp3) is 0.412. The highest BCUT2D eigenvalue weighted by Gasteiger charge is 2.25. The Bertz CT molecular complexity index is 977. The molecule has 0 atom stereocenters. The van der Waals surface area contributed by atoms with Crippen molar-refractivity contribution in [3.63, 3.8) is 0 Å². The Kier molecular flexibility index (Phi) is 5.31. The van der Waals surface area contributed by atoms with Crippen molar-refractivity contribution >= 4 is 21.7 Å². The molecule has 2 N–H and O–H groups in total. The smallest absolute Gasteiger partial charge is 0.325 e. The van der Waals surface area contributed by atoms with E-state index < -0.39 is 16.0 Å². The Morgan fingerprint density at radius 2 is 1.85 bits per heavy atom. The molecular weight excluding hydrogens is 358 g/mol. The molecule has 2 aromatic rings. The number of carbonyl (C=O) groups is 1. The first-order valence-electron chi connectivity index (χ1n) is 7.93. The number of rotatable bonds is 6. The van der Waals surface area contributed by atoms with Gasteiger partial charge in [0.25, 0.3) is 10.0 Å². The van der Waals surface area contributed by atoms with E-state index in [-0.39, 0.29) is 11.4 Å². The van der Waals surface area contributed by atoms with E-state index in [0.717, 1.165) is 5.56 Å². The summed E-state index contributed by atoms with van der Waals surface area (Å²) in [4.78, 5) is 11.1. The predicted molar refractivity (Wildman–Crippen MR) is 97.4 cm³/mol. The molecule has 1 heterocycles. The van der Waals surface area contributed by atoms with Gasteiger partial charge >= 0.3 is 5.97 Å². The van der Waals surface area contributed by atoms with Gasteiger partial charge in [0.15, 0.2) is 0 Å². The van der Waals surface area contributed by atoms with E-state index in [1.807, 2.05) is 0 Å². The van der Waals surface area contributed by atoms with Crippen LogP contribution in [0.5, 0.6) is 5.75 Å². The lowest BCUT2D eigenvalue weighted by Crippen LogP contribution is -2.18. The zero-order chi connectivity index (χ0) is 19.8. The Balaban J connectivity index is 2.53. The minimum Gasteiger partial charge on any atom is -0.496 e. The van der Waals surface area contributed by atoms with E-state index in [9.17, 15) is 13.2 Å². The van der Waals surface area contributed by atoms with Gasteiger partial charge in [0.2, 0.25) is 0 Å². The van der Waals surface area contributed by atoms with Crippen molar-refractivity contribution in [3.8, 4) is 5.75 Å². The molecule has 0 amide bonds. The van der Waals surface area contributed by atoms with Crippen molar-refractivity contribution in [2.24, 2.45) is 0 Å². The van der Waals surface area contributed by atoms with Gasteiger partial charge in [0.05, 0.1) is 29.1 Å². The van der Waals surface area contributed by atoms with Crippen molar-refractivity contribution in [2.75, 3.05) is 11.8 Å². The van der Waals surface area contributed by atoms with Crippen LogP contribution in [0.4, 0.5) is 5.69 Å². The number of hydrogen-bond acceptors (Lipinski definition) is 5. The second-order valence-electron chi connectivity index (χ2n) is 6.18. The first-order valence-corrected chi connectivity index (χ1v) is 9.41. The average Bonchev–Trinajstić information content (AvgIpc) is 2.77. The number of nitrogens with one attached hydrogen (secondary N) is 1. The average molecular weight is 381 g/mol. The topological polar surface area (TPSA) is 111 Å². The highest BCUT2D eigenvalue weighted by atomic mass is 32.2. The van der Waals surface area contributed by atoms with Crippen molar-refractivity contribution in [1.82, 2.24) is 9.78 Å². The van der Waals surface area contributed by atoms with Crippen LogP contribution in [0.3, 0.4) is 0 Å². The summed E-state index contributed by atoms with van der Waals surface area (Å²) >= 11 is 0. The van der Waals surface area contributed by atoms with Crippen molar-refractivity contribution in [1.29, 1.82) is 0 Å². The number of benzene rings is 1. The number of anilines is 1. The highest BCUT2D eigenvalue weighted by molar-refractivity contribution is 7.92. The summed E-state index contributed by atoms with van der Waals surface area (Å²) in [5.74, 6) is -0.428. The van der Waals surface area contributed by atoms with Crippen molar-refractivity contribution < 1.29 is 23.1 Å². The minimum absolute atomic E-state index is 0.181. The van der Waals surface area contributed by atoms with Gasteiger partial charge in [-0.15, -0.1) is 0 Å². The molecule has 0 radical (unpaired) electrons. The summed E-state index contributed by atoms with van der Waals surface area (Å²) in [6.07, 6.45) is 0. The summed E-state index contributed by atoms with van der Waals surface area (Å²) in [7, 11) is -2.35. The van der Waals surface area contributed by atoms with Crippen LogP contribution >= 0.6 is 0 Å². The summed E-state index contributed by atoms with van der Waals surface area (Å²) in [6.45, 7) is 8.15. The van der Waals surface area contributed by atoms with Gasteiger partial charge in [-0.25, -0.2) is 8.42 Å². The molecule has 2 rings (SSSR count). The zero-order valence-electron chi connectivity index (χ0n) is 15.7. The van der Waals surface area contributed by atoms with Crippen LogP contribution in [-0.4, -0.2) is 36.4 Å². The molecule has 1 aromatic carbocycles. The summed E-state index contributed by atoms with van der Waals surface area (Å²) < 4.78 is 35.2.